The maximum absolute atomic E-state index is 12.9. The fraction of sp³-hybridized carbons (Fsp3) is 0.350. The van der Waals surface area contributed by atoms with Gasteiger partial charge in [0.25, 0.3) is 0 Å². The normalized spacial score (nSPS) is 16.4. The highest BCUT2D eigenvalue weighted by molar-refractivity contribution is 9.10. The van der Waals surface area contributed by atoms with E-state index in [4.69, 9.17) is 9.26 Å². The number of carbonyl (C=O) groups excluding carboxylic acids is 1. The Labute approximate surface area is 170 Å². The average molecular weight is 446 g/mol. The van der Waals surface area contributed by atoms with E-state index < -0.39 is 17.3 Å². The molecule has 0 radical (unpaired) electrons. The van der Waals surface area contributed by atoms with E-state index in [2.05, 4.69) is 20.9 Å². The highest BCUT2D eigenvalue weighted by Gasteiger charge is 2.37. The first-order valence-corrected chi connectivity index (χ1v) is 9.74. The summed E-state index contributed by atoms with van der Waals surface area (Å²) < 4.78 is 13.5. The van der Waals surface area contributed by atoms with Gasteiger partial charge in [0.15, 0.2) is 0 Å². The lowest BCUT2D eigenvalue weighted by Crippen LogP contribution is -2.37. The number of rotatable bonds is 2. The molecule has 1 aromatic carbocycles. The molecule has 0 saturated carbocycles. The maximum atomic E-state index is 12.9. The van der Waals surface area contributed by atoms with Crippen molar-refractivity contribution in [3.8, 4) is 0 Å². The zero-order valence-electron chi connectivity index (χ0n) is 15.8. The molecule has 3 aromatic rings. The zero-order chi connectivity index (χ0) is 20.1. The molecule has 8 heteroatoms. The minimum atomic E-state index is -0.604. The van der Waals surface area contributed by atoms with Gasteiger partial charge in [0, 0.05) is 10.7 Å². The van der Waals surface area contributed by atoms with Gasteiger partial charge in [0.2, 0.25) is 0 Å². The summed E-state index contributed by atoms with van der Waals surface area (Å²) in [5.41, 5.74) is 1.61. The molecule has 1 aliphatic rings. The molecule has 0 saturated heterocycles. The number of pyridine rings is 1. The topological polar surface area (TPSA) is 77.6 Å². The number of halogens is 1. The summed E-state index contributed by atoms with van der Waals surface area (Å²) in [6, 6.07) is 7.23. The van der Waals surface area contributed by atoms with Crippen molar-refractivity contribution in [2.24, 2.45) is 0 Å². The number of nitrogens with zero attached hydrogens (tertiary/aromatic N) is 3. The summed E-state index contributed by atoms with van der Waals surface area (Å²) in [6.07, 6.45) is 2.75. The largest absolute Gasteiger partial charge is 0.444 e. The standard InChI is InChI=1S/C20H20BrN3O4/c1-20(2,3)27-19(26)23-10-12-8-13(21)4-5-14(12)17(23)11-24-16-9-22-7-6-15(16)18(25)28-24/h4-9,17H,10-11H2,1-3H3/t17-/m1/s1. The molecular formula is C20H20BrN3O4. The summed E-state index contributed by atoms with van der Waals surface area (Å²) in [4.78, 5) is 30.8. The molecule has 0 fully saturated rings. The van der Waals surface area contributed by atoms with Crippen molar-refractivity contribution in [3.63, 3.8) is 0 Å². The van der Waals surface area contributed by atoms with Crippen molar-refractivity contribution in [1.29, 1.82) is 0 Å². The molecule has 0 bridgehead atoms. The molecular weight excluding hydrogens is 426 g/mol. The van der Waals surface area contributed by atoms with Gasteiger partial charge in [0.05, 0.1) is 30.7 Å². The fourth-order valence-corrected chi connectivity index (χ4v) is 3.86. The highest BCUT2D eigenvalue weighted by atomic mass is 79.9. The van der Waals surface area contributed by atoms with E-state index in [1.807, 2.05) is 39.0 Å². The van der Waals surface area contributed by atoms with Gasteiger partial charge < -0.3 is 9.26 Å². The Morgan fingerprint density at radius 1 is 1.36 bits per heavy atom. The molecule has 28 heavy (non-hydrogen) atoms. The second-order valence-electron chi connectivity index (χ2n) is 7.80. The highest BCUT2D eigenvalue weighted by Crippen LogP contribution is 2.37. The van der Waals surface area contributed by atoms with Crippen LogP contribution in [0.5, 0.6) is 0 Å². The van der Waals surface area contributed by atoms with Gasteiger partial charge in [-0.15, -0.1) is 0 Å². The Kier molecular flexibility index (Phi) is 4.53. The third kappa shape index (κ3) is 3.44. The molecule has 1 atom stereocenters. The van der Waals surface area contributed by atoms with Gasteiger partial charge in [-0.3, -0.25) is 9.88 Å². The SMILES string of the molecule is CC(C)(C)OC(=O)N1Cc2cc(Br)ccc2[C@H]1Cn1oc(=O)c2ccncc21. The number of benzene rings is 1. The molecule has 0 spiro atoms. The molecule has 2 aromatic heterocycles. The summed E-state index contributed by atoms with van der Waals surface area (Å²) in [6.45, 7) is 6.23. The molecule has 0 N–H and O–H groups in total. The second kappa shape index (κ2) is 6.77. The molecule has 146 valence electrons. The van der Waals surface area contributed by atoms with Crippen molar-refractivity contribution in [2.45, 2.75) is 45.5 Å². The number of fused-ring (bicyclic) bond motifs is 2. The fourth-order valence-electron chi connectivity index (χ4n) is 3.46. The number of carbonyl (C=O) groups is 1. The molecule has 7 nitrogen and oxygen atoms in total. The Morgan fingerprint density at radius 3 is 2.89 bits per heavy atom. The first-order chi connectivity index (χ1) is 13.2. The van der Waals surface area contributed by atoms with Gasteiger partial charge in [-0.25, -0.2) is 14.3 Å². The third-order valence-electron chi connectivity index (χ3n) is 4.63. The van der Waals surface area contributed by atoms with E-state index in [0.717, 1.165) is 15.6 Å². The van der Waals surface area contributed by atoms with Crippen LogP contribution in [0.15, 0.2) is 50.4 Å². The van der Waals surface area contributed by atoms with E-state index in [1.54, 1.807) is 23.4 Å². The van der Waals surface area contributed by atoms with Crippen LogP contribution in [0.2, 0.25) is 0 Å². The van der Waals surface area contributed by atoms with Crippen LogP contribution in [0.25, 0.3) is 10.9 Å². The van der Waals surface area contributed by atoms with Crippen LogP contribution in [0.3, 0.4) is 0 Å². The van der Waals surface area contributed by atoms with Crippen molar-refractivity contribution in [3.05, 3.63) is 62.7 Å². The number of amides is 1. The molecule has 0 aliphatic carbocycles. The van der Waals surface area contributed by atoms with E-state index in [9.17, 15) is 9.59 Å². The smallest absolute Gasteiger partial charge is 0.411 e. The Morgan fingerprint density at radius 2 is 2.14 bits per heavy atom. The first-order valence-electron chi connectivity index (χ1n) is 8.95. The lowest BCUT2D eigenvalue weighted by Gasteiger charge is -2.28. The predicted molar refractivity (Wildman–Crippen MR) is 107 cm³/mol. The number of aromatic nitrogens is 2. The van der Waals surface area contributed by atoms with Crippen molar-refractivity contribution >= 4 is 32.9 Å². The molecule has 3 heterocycles. The summed E-state index contributed by atoms with van der Waals surface area (Å²) >= 11 is 3.49. The Bertz CT molecular complexity index is 1110. The lowest BCUT2D eigenvalue weighted by molar-refractivity contribution is 0.0134. The maximum Gasteiger partial charge on any atom is 0.411 e. The van der Waals surface area contributed by atoms with Crippen LogP contribution in [0, 0.1) is 0 Å². The minimum Gasteiger partial charge on any atom is -0.444 e. The predicted octanol–water partition coefficient (Wildman–Crippen LogP) is 4.24. The molecule has 1 amide bonds. The van der Waals surface area contributed by atoms with Crippen molar-refractivity contribution in [1.82, 2.24) is 14.6 Å². The third-order valence-corrected chi connectivity index (χ3v) is 5.12. The van der Waals surface area contributed by atoms with Crippen LogP contribution >= 0.6 is 15.9 Å². The second-order valence-corrected chi connectivity index (χ2v) is 8.72. The van der Waals surface area contributed by atoms with Gasteiger partial charge in [-0.2, -0.15) is 0 Å². The number of hydrogen-bond acceptors (Lipinski definition) is 5. The Balaban J connectivity index is 1.74. The summed E-state index contributed by atoms with van der Waals surface area (Å²) in [7, 11) is 0. The summed E-state index contributed by atoms with van der Waals surface area (Å²) in [5, 5.41) is 0.466. The minimum absolute atomic E-state index is 0.290. The van der Waals surface area contributed by atoms with Crippen LogP contribution in [0.4, 0.5) is 4.79 Å². The van der Waals surface area contributed by atoms with Crippen LogP contribution in [-0.2, 0) is 17.8 Å². The molecule has 1 aliphatic heterocycles. The quantitative estimate of drug-likeness (QED) is 0.589. The van der Waals surface area contributed by atoms with E-state index in [-0.39, 0.29) is 12.6 Å². The lowest BCUT2D eigenvalue weighted by atomic mass is 10.1. The van der Waals surface area contributed by atoms with Gasteiger partial charge in [-0.1, -0.05) is 22.0 Å². The monoisotopic (exact) mass is 445 g/mol. The van der Waals surface area contributed by atoms with E-state index in [1.165, 1.54) is 4.74 Å². The van der Waals surface area contributed by atoms with E-state index in [0.29, 0.717) is 17.4 Å². The first kappa shape index (κ1) is 18.7. The van der Waals surface area contributed by atoms with Gasteiger partial charge >= 0.3 is 11.7 Å². The van der Waals surface area contributed by atoms with Gasteiger partial charge in [-0.05, 0) is 50.1 Å². The number of ether oxygens (including phenoxy) is 1. The van der Waals surface area contributed by atoms with Crippen molar-refractivity contribution < 1.29 is 14.1 Å². The van der Waals surface area contributed by atoms with Crippen molar-refractivity contribution in [2.75, 3.05) is 0 Å². The molecule has 4 rings (SSSR count). The zero-order valence-corrected chi connectivity index (χ0v) is 17.4. The van der Waals surface area contributed by atoms with Crippen LogP contribution in [-0.4, -0.2) is 26.3 Å². The van der Waals surface area contributed by atoms with E-state index >= 15 is 0 Å². The molecule has 0 unspecified atom stereocenters. The number of hydrogen-bond donors (Lipinski definition) is 0. The summed E-state index contributed by atoms with van der Waals surface area (Å²) in [5.74, 6) is 0. The van der Waals surface area contributed by atoms with Gasteiger partial charge in [0.1, 0.15) is 11.1 Å². The van der Waals surface area contributed by atoms with Crippen LogP contribution in [0.1, 0.15) is 37.9 Å². The average Bonchev–Trinajstić information content (AvgIpc) is 3.12. The Hall–Kier alpha value is -2.61. The van der Waals surface area contributed by atoms with Crippen LogP contribution < -0.4 is 5.63 Å².